The summed E-state index contributed by atoms with van der Waals surface area (Å²) in [5.41, 5.74) is 1.76. The van der Waals surface area contributed by atoms with E-state index < -0.39 is 0 Å². The van der Waals surface area contributed by atoms with Gasteiger partial charge in [0.15, 0.2) is 0 Å². The smallest absolute Gasteiger partial charge is 0.230 e. The van der Waals surface area contributed by atoms with Crippen LogP contribution >= 0.6 is 0 Å². The Morgan fingerprint density at radius 1 is 1.14 bits per heavy atom. The van der Waals surface area contributed by atoms with Gasteiger partial charge in [0, 0.05) is 18.0 Å². The first-order valence-electron chi connectivity index (χ1n) is 4.32. The van der Waals surface area contributed by atoms with Crippen molar-refractivity contribution in [1.82, 2.24) is 5.32 Å². The highest BCUT2D eigenvalue weighted by Gasteiger charge is 2.15. The monoisotopic (exact) mass is 185 g/mol. The highest BCUT2D eigenvalue weighted by atomic mass is 16.1. The lowest BCUT2D eigenvalue weighted by molar-refractivity contribution is 0.106. The maximum Gasteiger partial charge on any atom is 0.230 e. The molecule has 0 spiro atoms. The van der Waals surface area contributed by atoms with Gasteiger partial charge in [-0.1, -0.05) is 29.8 Å². The van der Waals surface area contributed by atoms with Gasteiger partial charge in [-0.15, -0.1) is 0 Å². The molecular weight excluding hydrogens is 176 g/mol. The molecule has 1 heterocycles. The SMILES string of the molecule is Cc1ccc(C(=O)C2=NC=C[N]2)cc1. The summed E-state index contributed by atoms with van der Waals surface area (Å²) >= 11 is 0. The minimum Gasteiger partial charge on any atom is -0.285 e. The van der Waals surface area contributed by atoms with Crippen molar-refractivity contribution in [2.24, 2.45) is 4.99 Å². The van der Waals surface area contributed by atoms with Crippen LogP contribution in [0.4, 0.5) is 0 Å². The number of nitrogens with zero attached hydrogens (tertiary/aromatic N) is 2. The Bertz CT molecular complexity index is 415. The molecule has 14 heavy (non-hydrogen) atoms. The van der Waals surface area contributed by atoms with Crippen molar-refractivity contribution in [3.8, 4) is 0 Å². The number of aryl methyl sites for hydroxylation is 1. The summed E-state index contributed by atoms with van der Waals surface area (Å²) in [6.45, 7) is 1.98. The zero-order chi connectivity index (χ0) is 9.97. The van der Waals surface area contributed by atoms with Gasteiger partial charge in [-0.25, -0.2) is 10.3 Å². The number of carbonyl (C=O) groups excluding carboxylic acids is 1. The van der Waals surface area contributed by atoms with Gasteiger partial charge in [0.2, 0.25) is 11.6 Å². The molecule has 0 saturated carbocycles. The number of hydrogen-bond acceptors (Lipinski definition) is 2. The van der Waals surface area contributed by atoms with E-state index in [1.165, 1.54) is 12.4 Å². The highest BCUT2D eigenvalue weighted by Crippen LogP contribution is 2.06. The lowest BCUT2D eigenvalue weighted by atomic mass is 10.1. The van der Waals surface area contributed by atoms with Crippen LogP contribution in [-0.2, 0) is 0 Å². The maximum atomic E-state index is 11.7. The van der Waals surface area contributed by atoms with Crippen LogP contribution < -0.4 is 5.32 Å². The lowest BCUT2D eigenvalue weighted by Crippen LogP contribution is -2.19. The second-order valence-corrected chi connectivity index (χ2v) is 3.08. The van der Waals surface area contributed by atoms with Gasteiger partial charge in [-0.05, 0) is 6.92 Å². The van der Waals surface area contributed by atoms with Crippen LogP contribution in [0, 0.1) is 6.92 Å². The molecule has 0 atom stereocenters. The lowest BCUT2D eigenvalue weighted by Gasteiger charge is -1.99. The van der Waals surface area contributed by atoms with Gasteiger partial charge in [-0.3, -0.25) is 4.79 Å². The Morgan fingerprint density at radius 3 is 2.43 bits per heavy atom. The van der Waals surface area contributed by atoms with Crippen LogP contribution in [0.5, 0.6) is 0 Å². The van der Waals surface area contributed by atoms with E-state index in [4.69, 9.17) is 0 Å². The van der Waals surface area contributed by atoms with Crippen LogP contribution in [-0.4, -0.2) is 11.6 Å². The number of ketones is 1. The van der Waals surface area contributed by atoms with E-state index in [9.17, 15) is 4.79 Å². The molecule has 1 aromatic carbocycles. The van der Waals surface area contributed by atoms with E-state index in [1.54, 1.807) is 12.1 Å². The number of benzene rings is 1. The van der Waals surface area contributed by atoms with Gasteiger partial charge in [0.1, 0.15) is 0 Å². The molecule has 0 unspecified atom stereocenters. The highest BCUT2D eigenvalue weighted by molar-refractivity contribution is 6.45. The molecule has 0 N–H and O–H groups in total. The molecule has 0 amide bonds. The fourth-order valence-corrected chi connectivity index (χ4v) is 1.19. The fraction of sp³-hybridized carbons (Fsp3) is 0.0909. The predicted molar refractivity (Wildman–Crippen MR) is 54.2 cm³/mol. The second kappa shape index (κ2) is 3.46. The third-order valence-electron chi connectivity index (χ3n) is 1.98. The quantitative estimate of drug-likeness (QED) is 0.646. The van der Waals surface area contributed by atoms with Crippen molar-refractivity contribution in [1.29, 1.82) is 0 Å². The van der Waals surface area contributed by atoms with Crippen molar-refractivity contribution in [2.75, 3.05) is 0 Å². The van der Waals surface area contributed by atoms with Crippen molar-refractivity contribution in [2.45, 2.75) is 6.92 Å². The van der Waals surface area contributed by atoms with Gasteiger partial charge in [0.25, 0.3) is 0 Å². The Balaban J connectivity index is 2.23. The second-order valence-electron chi connectivity index (χ2n) is 3.08. The van der Waals surface area contributed by atoms with Crippen molar-refractivity contribution >= 4 is 11.6 Å². The average Bonchev–Trinajstić information content (AvgIpc) is 2.71. The van der Waals surface area contributed by atoms with Gasteiger partial charge < -0.3 is 0 Å². The first-order valence-corrected chi connectivity index (χ1v) is 4.32. The molecule has 1 aliphatic heterocycles. The normalized spacial score (nSPS) is 13.6. The summed E-state index contributed by atoms with van der Waals surface area (Å²) in [7, 11) is 0. The molecule has 0 fully saturated rings. The molecule has 69 valence electrons. The number of amidine groups is 1. The molecular formula is C11H9N2O. The van der Waals surface area contributed by atoms with Crippen molar-refractivity contribution in [3.63, 3.8) is 0 Å². The molecule has 1 radical (unpaired) electrons. The number of rotatable bonds is 2. The van der Waals surface area contributed by atoms with Crippen molar-refractivity contribution < 1.29 is 4.79 Å². The number of hydrogen-bond donors (Lipinski definition) is 0. The predicted octanol–water partition coefficient (Wildman–Crippen LogP) is 1.67. The molecule has 2 rings (SSSR count). The Morgan fingerprint density at radius 2 is 1.86 bits per heavy atom. The van der Waals surface area contributed by atoms with Crippen LogP contribution in [0.3, 0.4) is 0 Å². The maximum absolute atomic E-state index is 11.7. The molecule has 0 bridgehead atoms. The number of aliphatic imine (C=N–C) groups is 1. The third-order valence-corrected chi connectivity index (χ3v) is 1.98. The Kier molecular flexibility index (Phi) is 2.14. The third kappa shape index (κ3) is 1.57. The average molecular weight is 185 g/mol. The minimum atomic E-state index is -0.130. The molecule has 0 saturated heterocycles. The molecule has 3 nitrogen and oxygen atoms in total. The number of Topliss-reactive ketones (excluding diaryl/α,β-unsaturated/α-hetero) is 1. The Hall–Kier alpha value is -1.90. The summed E-state index contributed by atoms with van der Waals surface area (Å²) in [6, 6.07) is 7.37. The van der Waals surface area contributed by atoms with Crippen LogP contribution in [0.2, 0.25) is 0 Å². The topological polar surface area (TPSA) is 43.5 Å². The van der Waals surface area contributed by atoms with E-state index in [-0.39, 0.29) is 11.6 Å². The van der Waals surface area contributed by atoms with Crippen LogP contribution in [0.25, 0.3) is 0 Å². The summed E-state index contributed by atoms with van der Waals surface area (Å²) in [5, 5.41) is 3.85. The van der Waals surface area contributed by atoms with E-state index in [0.29, 0.717) is 5.56 Å². The molecule has 0 aliphatic carbocycles. The standard InChI is InChI=1S/C11H9N2O/c1-8-2-4-9(5-3-8)10(14)11-12-6-7-13-11/h2-7H,1H3. The summed E-state index contributed by atoms with van der Waals surface area (Å²) in [6.07, 6.45) is 3.03. The zero-order valence-corrected chi connectivity index (χ0v) is 7.77. The summed E-state index contributed by atoms with van der Waals surface area (Å²) in [5.74, 6) is 0.129. The van der Waals surface area contributed by atoms with E-state index in [1.807, 2.05) is 19.1 Å². The van der Waals surface area contributed by atoms with Crippen molar-refractivity contribution in [3.05, 3.63) is 47.8 Å². The molecule has 0 aromatic heterocycles. The molecule has 1 aliphatic rings. The van der Waals surface area contributed by atoms with Crippen LogP contribution in [0.15, 0.2) is 41.7 Å². The fourth-order valence-electron chi connectivity index (χ4n) is 1.19. The van der Waals surface area contributed by atoms with Gasteiger partial charge in [0.05, 0.1) is 0 Å². The first-order chi connectivity index (χ1) is 6.77. The van der Waals surface area contributed by atoms with E-state index in [0.717, 1.165) is 5.56 Å². The Labute approximate surface area is 82.2 Å². The molecule has 1 aromatic rings. The van der Waals surface area contributed by atoms with Gasteiger partial charge in [-0.2, -0.15) is 0 Å². The largest absolute Gasteiger partial charge is 0.285 e. The van der Waals surface area contributed by atoms with E-state index in [2.05, 4.69) is 10.3 Å². The van der Waals surface area contributed by atoms with E-state index >= 15 is 0 Å². The van der Waals surface area contributed by atoms with Crippen LogP contribution in [0.1, 0.15) is 15.9 Å². The minimum absolute atomic E-state index is 0.130. The summed E-state index contributed by atoms with van der Waals surface area (Å²) < 4.78 is 0. The van der Waals surface area contributed by atoms with Gasteiger partial charge >= 0.3 is 0 Å². The number of carbonyl (C=O) groups is 1. The molecule has 3 heteroatoms. The first kappa shape index (κ1) is 8.69. The summed E-state index contributed by atoms with van der Waals surface area (Å²) in [4.78, 5) is 15.5. The zero-order valence-electron chi connectivity index (χ0n) is 7.77.